The maximum Gasteiger partial charge on any atom is 0.191 e. The van der Waals surface area contributed by atoms with Gasteiger partial charge in [-0.2, -0.15) is 5.26 Å². The number of aliphatic hydroxyl groups is 1. The number of imidazole rings is 1. The first-order chi connectivity index (χ1) is 11.1. The number of nitrogens with zero attached hydrogens (tertiary/aromatic N) is 5. The summed E-state index contributed by atoms with van der Waals surface area (Å²) in [5.41, 5.74) is 1.69. The number of fused-ring (bicyclic) bond motifs is 1. The fraction of sp³-hybridized carbons (Fsp3) is 0.200. The molecule has 1 atom stereocenters. The number of nitrogens with one attached hydrogen (secondary N) is 1. The highest BCUT2D eigenvalue weighted by Gasteiger charge is 2.20. The second kappa shape index (κ2) is 6.14. The van der Waals surface area contributed by atoms with E-state index < -0.39 is 0 Å². The van der Waals surface area contributed by atoms with Gasteiger partial charge in [0.25, 0.3) is 0 Å². The first-order valence-corrected chi connectivity index (χ1v) is 7.77. The van der Waals surface area contributed by atoms with Crippen molar-refractivity contribution < 1.29 is 5.11 Å². The maximum absolute atomic E-state index is 10.5. The number of rotatable bonds is 4. The van der Waals surface area contributed by atoms with Crippen LogP contribution >= 0.6 is 11.8 Å². The number of thioether (sulfide) groups is 1. The molecule has 3 aromatic rings. The predicted octanol–water partition coefficient (Wildman–Crippen LogP) is 2.66. The van der Waals surface area contributed by atoms with Crippen LogP contribution in [0.4, 0.5) is 0 Å². The lowest BCUT2D eigenvalue weighted by Gasteiger charge is -2.10. The molecule has 2 N–H and O–H groups in total. The summed E-state index contributed by atoms with van der Waals surface area (Å²) < 4.78 is 1.75. The Bertz CT molecular complexity index is 886. The number of aliphatic hydroxyl groups excluding tert-OH is 1. The van der Waals surface area contributed by atoms with Crippen LogP contribution in [-0.2, 0) is 7.05 Å². The zero-order valence-corrected chi connectivity index (χ0v) is 13.4. The molecule has 0 bridgehead atoms. The van der Waals surface area contributed by atoms with Crippen LogP contribution in [0.2, 0.25) is 0 Å². The minimum absolute atomic E-state index is 0.0421. The van der Waals surface area contributed by atoms with Crippen LogP contribution in [0.15, 0.2) is 41.5 Å². The second-order valence-corrected chi connectivity index (χ2v) is 6.27. The molecule has 8 heteroatoms. The van der Waals surface area contributed by atoms with Crippen molar-refractivity contribution in [1.29, 1.82) is 5.26 Å². The summed E-state index contributed by atoms with van der Waals surface area (Å²) in [6.07, 6.45) is 1.58. The van der Waals surface area contributed by atoms with E-state index in [1.165, 1.54) is 11.8 Å². The number of aryl methyl sites for hydroxylation is 1. The fourth-order valence-electron chi connectivity index (χ4n) is 2.10. The molecular weight excluding hydrogens is 312 g/mol. The van der Waals surface area contributed by atoms with Gasteiger partial charge in [-0.15, -0.1) is 10.2 Å². The van der Waals surface area contributed by atoms with E-state index in [0.717, 1.165) is 11.0 Å². The minimum atomic E-state index is -0.360. The highest BCUT2D eigenvalue weighted by atomic mass is 32.2. The third-order valence-corrected chi connectivity index (χ3v) is 4.49. The van der Waals surface area contributed by atoms with E-state index in [0.29, 0.717) is 11.0 Å². The van der Waals surface area contributed by atoms with Crippen LogP contribution in [0.25, 0.3) is 16.6 Å². The number of aromatic amines is 1. The molecule has 3 rings (SSSR count). The Morgan fingerprint density at radius 1 is 1.43 bits per heavy atom. The molecule has 1 unspecified atom stereocenters. The molecule has 0 radical (unpaired) electrons. The van der Waals surface area contributed by atoms with Crippen molar-refractivity contribution in [3.8, 4) is 6.07 Å². The molecule has 23 heavy (non-hydrogen) atoms. The quantitative estimate of drug-likeness (QED) is 0.434. The summed E-state index contributed by atoms with van der Waals surface area (Å²) in [4.78, 5) is 7.42. The molecular formula is C15H14N6OS. The zero-order valence-electron chi connectivity index (χ0n) is 12.6. The lowest BCUT2D eigenvalue weighted by atomic mass is 10.2. The SMILES string of the molecule is CC(Sc1nncn1C)/C(O)=C(\C#N)c1nc2ccccc2[nH]1. The van der Waals surface area contributed by atoms with E-state index in [1.54, 1.807) is 17.8 Å². The molecule has 0 fully saturated rings. The predicted molar refractivity (Wildman–Crippen MR) is 87.6 cm³/mol. The Labute approximate surface area is 136 Å². The largest absolute Gasteiger partial charge is 0.510 e. The molecule has 0 aliphatic rings. The molecule has 0 amide bonds. The summed E-state index contributed by atoms with van der Waals surface area (Å²) in [6, 6.07) is 9.50. The Morgan fingerprint density at radius 3 is 2.87 bits per heavy atom. The molecule has 7 nitrogen and oxygen atoms in total. The van der Waals surface area contributed by atoms with E-state index >= 15 is 0 Å². The molecule has 0 spiro atoms. The van der Waals surface area contributed by atoms with Crippen molar-refractivity contribution >= 4 is 28.4 Å². The lowest BCUT2D eigenvalue weighted by Crippen LogP contribution is -2.06. The summed E-state index contributed by atoms with van der Waals surface area (Å²) in [6.45, 7) is 1.80. The first-order valence-electron chi connectivity index (χ1n) is 6.89. The summed E-state index contributed by atoms with van der Waals surface area (Å²) in [7, 11) is 1.82. The van der Waals surface area contributed by atoms with E-state index in [4.69, 9.17) is 0 Å². The molecule has 116 valence electrons. The number of aromatic nitrogens is 5. The average molecular weight is 326 g/mol. The van der Waals surface area contributed by atoms with Crippen LogP contribution in [0.1, 0.15) is 12.7 Å². The van der Waals surface area contributed by atoms with Crippen molar-refractivity contribution in [2.75, 3.05) is 0 Å². The van der Waals surface area contributed by atoms with Crippen molar-refractivity contribution in [3.05, 3.63) is 42.2 Å². The minimum Gasteiger partial charge on any atom is -0.510 e. The van der Waals surface area contributed by atoms with Gasteiger partial charge in [0, 0.05) is 7.05 Å². The Hall–Kier alpha value is -2.79. The highest BCUT2D eigenvalue weighted by molar-refractivity contribution is 7.99. The molecule has 0 saturated heterocycles. The van der Waals surface area contributed by atoms with Gasteiger partial charge in [0.05, 0.1) is 16.3 Å². The van der Waals surface area contributed by atoms with E-state index in [-0.39, 0.29) is 16.6 Å². The number of hydrogen-bond acceptors (Lipinski definition) is 6. The second-order valence-electron chi connectivity index (χ2n) is 4.96. The first kappa shape index (κ1) is 15.1. The zero-order chi connectivity index (χ0) is 16.4. The number of para-hydroxylation sites is 2. The van der Waals surface area contributed by atoms with Gasteiger partial charge < -0.3 is 14.7 Å². The van der Waals surface area contributed by atoms with E-state index in [9.17, 15) is 10.4 Å². The van der Waals surface area contributed by atoms with Gasteiger partial charge in [-0.1, -0.05) is 23.9 Å². The topological polar surface area (TPSA) is 103 Å². The van der Waals surface area contributed by atoms with E-state index in [1.807, 2.05) is 37.4 Å². The van der Waals surface area contributed by atoms with Crippen molar-refractivity contribution in [1.82, 2.24) is 24.7 Å². The molecule has 1 aromatic carbocycles. The monoisotopic (exact) mass is 326 g/mol. The Kier molecular flexibility index (Phi) is 4.04. The summed E-state index contributed by atoms with van der Waals surface area (Å²) in [5.74, 6) is 0.316. The number of hydrogen-bond donors (Lipinski definition) is 2. The molecule has 0 saturated carbocycles. The Morgan fingerprint density at radius 2 is 2.22 bits per heavy atom. The average Bonchev–Trinajstić information content (AvgIpc) is 3.14. The molecule has 0 aliphatic heterocycles. The van der Waals surface area contributed by atoms with Crippen LogP contribution < -0.4 is 0 Å². The summed E-state index contributed by atoms with van der Waals surface area (Å²) in [5, 5.41) is 28.0. The maximum atomic E-state index is 10.5. The molecule has 2 heterocycles. The van der Waals surface area contributed by atoms with Gasteiger partial charge in [0.1, 0.15) is 23.7 Å². The van der Waals surface area contributed by atoms with Gasteiger partial charge in [-0.3, -0.25) is 0 Å². The number of nitriles is 1. The smallest absolute Gasteiger partial charge is 0.191 e. The number of H-pyrrole nitrogens is 1. The highest BCUT2D eigenvalue weighted by Crippen LogP contribution is 2.29. The van der Waals surface area contributed by atoms with Gasteiger partial charge in [0.15, 0.2) is 11.0 Å². The van der Waals surface area contributed by atoms with Crippen LogP contribution in [0, 0.1) is 11.3 Å². The standard InChI is InChI=1S/C15H14N6OS/c1-9(23-15-20-17-8-21(15)2)13(22)10(7-16)14-18-11-5-3-4-6-12(11)19-14/h3-6,8-9,22H,1-2H3,(H,18,19)/b13-10-. The number of allylic oxidation sites excluding steroid dienone is 1. The van der Waals surface area contributed by atoms with Crippen LogP contribution in [0.3, 0.4) is 0 Å². The van der Waals surface area contributed by atoms with Crippen molar-refractivity contribution in [3.63, 3.8) is 0 Å². The third-order valence-electron chi connectivity index (χ3n) is 3.33. The fourth-order valence-corrected chi connectivity index (χ4v) is 2.95. The van der Waals surface area contributed by atoms with Crippen LogP contribution in [0.5, 0.6) is 0 Å². The van der Waals surface area contributed by atoms with Gasteiger partial charge >= 0.3 is 0 Å². The van der Waals surface area contributed by atoms with Gasteiger partial charge in [-0.05, 0) is 19.1 Å². The Balaban J connectivity index is 1.95. The van der Waals surface area contributed by atoms with Gasteiger partial charge in [0.2, 0.25) is 0 Å². The van der Waals surface area contributed by atoms with Crippen LogP contribution in [-0.4, -0.2) is 35.1 Å². The molecule has 2 aromatic heterocycles. The normalized spacial score (nSPS) is 13.6. The molecule has 0 aliphatic carbocycles. The lowest BCUT2D eigenvalue weighted by molar-refractivity contribution is 0.401. The van der Waals surface area contributed by atoms with Gasteiger partial charge in [-0.25, -0.2) is 4.98 Å². The number of benzene rings is 1. The van der Waals surface area contributed by atoms with Crippen molar-refractivity contribution in [2.45, 2.75) is 17.3 Å². The summed E-state index contributed by atoms with van der Waals surface area (Å²) >= 11 is 1.32. The van der Waals surface area contributed by atoms with E-state index in [2.05, 4.69) is 20.2 Å². The van der Waals surface area contributed by atoms with Crippen molar-refractivity contribution in [2.24, 2.45) is 7.05 Å². The third kappa shape index (κ3) is 2.91.